The molecular formula is C13H10BrFN2O3. The zero-order valence-electron chi connectivity index (χ0n) is 10.1. The van der Waals surface area contributed by atoms with Crippen molar-refractivity contribution >= 4 is 27.3 Å². The molecule has 0 unspecified atom stereocenters. The van der Waals surface area contributed by atoms with Crippen LogP contribution in [0.3, 0.4) is 0 Å². The summed E-state index contributed by atoms with van der Waals surface area (Å²) >= 11 is 3.19. The van der Waals surface area contributed by atoms with Crippen LogP contribution in [-0.4, -0.2) is 10.0 Å². The van der Waals surface area contributed by atoms with Crippen molar-refractivity contribution in [1.29, 1.82) is 0 Å². The number of hydrogen-bond acceptors (Lipinski definition) is 4. The molecule has 0 heterocycles. The smallest absolute Gasteiger partial charge is 0.272 e. The Bertz CT molecular complexity index is 664. The number of phenols is 1. The van der Waals surface area contributed by atoms with Gasteiger partial charge in [0.05, 0.1) is 21.1 Å². The molecule has 0 aliphatic heterocycles. The molecule has 2 N–H and O–H groups in total. The molecule has 2 rings (SSSR count). The number of nitro groups is 1. The van der Waals surface area contributed by atoms with E-state index in [0.29, 0.717) is 11.0 Å². The van der Waals surface area contributed by atoms with E-state index in [1.165, 1.54) is 18.2 Å². The van der Waals surface area contributed by atoms with Gasteiger partial charge < -0.3 is 10.4 Å². The van der Waals surface area contributed by atoms with Crippen molar-refractivity contribution in [3.05, 3.63) is 62.4 Å². The lowest BCUT2D eigenvalue weighted by Gasteiger charge is -2.08. The molecule has 0 fully saturated rings. The van der Waals surface area contributed by atoms with Gasteiger partial charge in [-0.1, -0.05) is 6.07 Å². The monoisotopic (exact) mass is 340 g/mol. The Morgan fingerprint density at radius 1 is 1.30 bits per heavy atom. The van der Waals surface area contributed by atoms with E-state index in [0.717, 1.165) is 11.6 Å². The number of non-ortho nitro benzene ring substituents is 1. The summed E-state index contributed by atoms with van der Waals surface area (Å²) in [7, 11) is 0. The molecule has 7 heteroatoms. The topological polar surface area (TPSA) is 75.4 Å². The third kappa shape index (κ3) is 3.24. The van der Waals surface area contributed by atoms with E-state index >= 15 is 0 Å². The van der Waals surface area contributed by atoms with Gasteiger partial charge in [0.15, 0.2) is 5.82 Å². The van der Waals surface area contributed by atoms with Gasteiger partial charge in [-0.25, -0.2) is 4.39 Å². The molecule has 20 heavy (non-hydrogen) atoms. The summed E-state index contributed by atoms with van der Waals surface area (Å²) < 4.78 is 14.2. The number of benzene rings is 2. The van der Waals surface area contributed by atoms with Crippen LogP contribution in [-0.2, 0) is 6.54 Å². The van der Waals surface area contributed by atoms with Gasteiger partial charge in [-0.2, -0.15) is 0 Å². The van der Waals surface area contributed by atoms with Crippen molar-refractivity contribution in [3.63, 3.8) is 0 Å². The lowest BCUT2D eigenvalue weighted by atomic mass is 10.2. The number of anilines is 1. The van der Waals surface area contributed by atoms with Crippen LogP contribution >= 0.6 is 15.9 Å². The number of hydrogen-bond donors (Lipinski definition) is 2. The van der Waals surface area contributed by atoms with Crippen LogP contribution in [0.5, 0.6) is 5.75 Å². The highest BCUT2D eigenvalue weighted by Crippen LogP contribution is 2.25. The van der Waals surface area contributed by atoms with E-state index < -0.39 is 10.7 Å². The Labute approximate surface area is 122 Å². The second-order valence-electron chi connectivity index (χ2n) is 4.06. The first-order chi connectivity index (χ1) is 9.47. The number of aromatic hydroxyl groups is 1. The van der Waals surface area contributed by atoms with E-state index in [1.807, 2.05) is 0 Å². The summed E-state index contributed by atoms with van der Waals surface area (Å²) in [5.74, 6) is -0.563. The lowest BCUT2D eigenvalue weighted by Crippen LogP contribution is -2.02. The van der Waals surface area contributed by atoms with Crippen molar-refractivity contribution in [3.8, 4) is 5.75 Å². The van der Waals surface area contributed by atoms with Gasteiger partial charge in [-0.3, -0.25) is 10.1 Å². The van der Waals surface area contributed by atoms with E-state index in [-0.39, 0.29) is 17.1 Å². The van der Waals surface area contributed by atoms with Gasteiger partial charge in [-0.15, -0.1) is 0 Å². The predicted octanol–water partition coefficient (Wildman–Crippen LogP) is 3.81. The Balaban J connectivity index is 2.10. The average Bonchev–Trinajstić information content (AvgIpc) is 2.41. The van der Waals surface area contributed by atoms with Crippen LogP contribution in [0.1, 0.15) is 5.56 Å². The summed E-state index contributed by atoms with van der Waals surface area (Å²) in [5.41, 5.74) is 0.715. The fourth-order valence-electron chi connectivity index (χ4n) is 1.62. The first-order valence-corrected chi connectivity index (χ1v) is 6.42. The minimum atomic E-state index is -0.683. The van der Waals surface area contributed by atoms with Crippen LogP contribution < -0.4 is 5.32 Å². The zero-order chi connectivity index (χ0) is 14.7. The maximum Gasteiger partial charge on any atom is 0.272 e. The first-order valence-electron chi connectivity index (χ1n) is 5.62. The molecule has 0 spiro atoms. The van der Waals surface area contributed by atoms with E-state index in [1.54, 1.807) is 12.1 Å². The minimum Gasteiger partial charge on any atom is -0.507 e. The molecule has 0 aromatic heterocycles. The summed E-state index contributed by atoms with van der Waals surface area (Å²) in [5, 5.41) is 22.7. The highest BCUT2D eigenvalue weighted by molar-refractivity contribution is 9.10. The van der Waals surface area contributed by atoms with Crippen LogP contribution in [0.2, 0.25) is 0 Å². The highest BCUT2D eigenvalue weighted by Gasteiger charge is 2.10. The van der Waals surface area contributed by atoms with Crippen molar-refractivity contribution < 1.29 is 14.4 Å². The van der Waals surface area contributed by atoms with Gasteiger partial charge in [0, 0.05) is 12.6 Å². The normalized spacial score (nSPS) is 10.3. The first kappa shape index (κ1) is 14.3. The molecule has 2 aromatic rings. The average molecular weight is 341 g/mol. The second-order valence-corrected chi connectivity index (χ2v) is 4.91. The van der Waals surface area contributed by atoms with E-state index in [9.17, 15) is 19.6 Å². The Morgan fingerprint density at radius 3 is 2.65 bits per heavy atom. The van der Waals surface area contributed by atoms with Crippen molar-refractivity contribution in [1.82, 2.24) is 0 Å². The summed E-state index contributed by atoms with van der Waals surface area (Å²) in [6.45, 7) is 0.327. The molecule has 5 nitrogen and oxygen atoms in total. The molecule has 104 valence electrons. The third-order valence-corrected chi connectivity index (χ3v) is 3.29. The summed E-state index contributed by atoms with van der Waals surface area (Å²) in [4.78, 5) is 9.85. The Hall–Kier alpha value is -2.15. The SMILES string of the molecule is O=[N+]([O-])c1ccc(NCc2ccc(O)c(Br)c2)c(F)c1. The number of phenolic OH excluding ortho intramolecular Hbond substituents is 1. The van der Waals surface area contributed by atoms with Crippen LogP contribution in [0.25, 0.3) is 0 Å². The fraction of sp³-hybridized carbons (Fsp3) is 0.0769. The maximum atomic E-state index is 13.6. The number of nitro benzene ring substituents is 1. The van der Waals surface area contributed by atoms with Crippen molar-refractivity contribution in [2.75, 3.05) is 5.32 Å². The summed E-state index contributed by atoms with van der Waals surface area (Å²) in [6.07, 6.45) is 0. The molecule has 0 atom stereocenters. The van der Waals surface area contributed by atoms with Gasteiger partial charge in [0.1, 0.15) is 5.75 Å². The van der Waals surface area contributed by atoms with E-state index in [2.05, 4.69) is 21.2 Å². The molecule has 0 saturated heterocycles. The largest absolute Gasteiger partial charge is 0.507 e. The molecular weight excluding hydrogens is 331 g/mol. The quantitative estimate of drug-likeness (QED) is 0.655. The van der Waals surface area contributed by atoms with Crippen LogP contribution in [0, 0.1) is 15.9 Å². The number of halogens is 2. The maximum absolute atomic E-state index is 13.6. The third-order valence-electron chi connectivity index (χ3n) is 2.66. The molecule has 0 radical (unpaired) electrons. The Morgan fingerprint density at radius 2 is 2.05 bits per heavy atom. The zero-order valence-corrected chi connectivity index (χ0v) is 11.7. The number of rotatable bonds is 4. The molecule has 2 aromatic carbocycles. The molecule has 0 aliphatic carbocycles. The second kappa shape index (κ2) is 5.87. The van der Waals surface area contributed by atoms with Gasteiger partial charge in [0.2, 0.25) is 0 Å². The minimum absolute atomic E-state index is 0.121. The lowest BCUT2D eigenvalue weighted by molar-refractivity contribution is -0.385. The summed E-state index contributed by atoms with van der Waals surface area (Å²) in [6, 6.07) is 8.34. The standard InChI is InChI=1S/C13H10BrFN2O3/c14-10-5-8(1-4-13(10)18)7-16-12-3-2-9(17(19)20)6-11(12)15/h1-6,16,18H,7H2. The molecule has 0 saturated carbocycles. The number of nitrogens with one attached hydrogen (secondary N) is 1. The van der Waals surface area contributed by atoms with E-state index in [4.69, 9.17) is 0 Å². The van der Waals surface area contributed by atoms with Gasteiger partial charge in [-0.05, 0) is 39.7 Å². The van der Waals surface area contributed by atoms with Crippen LogP contribution in [0.4, 0.5) is 15.8 Å². The van der Waals surface area contributed by atoms with Gasteiger partial charge in [0.25, 0.3) is 5.69 Å². The highest BCUT2D eigenvalue weighted by atomic mass is 79.9. The predicted molar refractivity (Wildman–Crippen MR) is 76.2 cm³/mol. The van der Waals surface area contributed by atoms with Crippen molar-refractivity contribution in [2.45, 2.75) is 6.54 Å². The van der Waals surface area contributed by atoms with Crippen molar-refractivity contribution in [2.24, 2.45) is 0 Å². The Kier molecular flexibility index (Phi) is 4.19. The van der Waals surface area contributed by atoms with Gasteiger partial charge >= 0.3 is 0 Å². The molecule has 0 bridgehead atoms. The number of nitrogens with zero attached hydrogens (tertiary/aromatic N) is 1. The van der Waals surface area contributed by atoms with Crippen LogP contribution in [0.15, 0.2) is 40.9 Å². The molecule has 0 aliphatic rings. The molecule has 0 amide bonds. The fourth-order valence-corrected chi connectivity index (χ4v) is 2.04.